The molecule has 4 nitrogen and oxygen atoms in total. The lowest BCUT2D eigenvalue weighted by molar-refractivity contribution is 0.663. The van der Waals surface area contributed by atoms with Crippen molar-refractivity contribution < 1.29 is 0 Å². The standard InChI is InChI=1S/C56H38N4/c1-56(2)46-32-30-35-18-12-13-25-39(35)50(46)45-34-44-42-28-16-17-29-47(42)60(52(44)49(51(45)56)36-19-6-3-7-20-36)48-33-31-43(40-26-14-15-27-41(40)48)55-58-53(37-21-8-4-9-22-37)57-54(59-55)38-23-10-5-11-24-38/h3-34H,1-2H3. The van der Waals surface area contributed by atoms with Crippen molar-refractivity contribution >= 4 is 43.4 Å². The van der Waals surface area contributed by atoms with E-state index in [0.717, 1.165) is 33.2 Å². The van der Waals surface area contributed by atoms with Gasteiger partial charge in [-0.1, -0.05) is 184 Å². The van der Waals surface area contributed by atoms with Crippen molar-refractivity contribution in [1.82, 2.24) is 19.5 Å². The molecule has 9 aromatic carbocycles. The second kappa shape index (κ2) is 13.2. The Labute approximate surface area is 348 Å². The van der Waals surface area contributed by atoms with E-state index in [1.165, 1.54) is 66.0 Å². The first-order valence-electron chi connectivity index (χ1n) is 20.6. The molecule has 0 aliphatic heterocycles. The fourth-order valence-electron chi connectivity index (χ4n) is 9.93. The SMILES string of the molecule is CC1(C)c2ccc3ccccc3c2-c2cc3c4ccccc4n(-c4ccc(-c5nc(-c6ccccc6)nc(-c6ccccc6)n5)c5ccccc45)c3c(-c3ccccc3)c21. The molecule has 2 aromatic heterocycles. The topological polar surface area (TPSA) is 43.6 Å². The minimum atomic E-state index is -0.257. The van der Waals surface area contributed by atoms with Crippen LogP contribution in [0.3, 0.4) is 0 Å². The Kier molecular flexibility index (Phi) is 7.54. The minimum absolute atomic E-state index is 0.257. The summed E-state index contributed by atoms with van der Waals surface area (Å²) in [6.45, 7) is 4.81. The molecule has 0 saturated carbocycles. The van der Waals surface area contributed by atoms with Crippen LogP contribution in [0.5, 0.6) is 0 Å². The van der Waals surface area contributed by atoms with Crippen LogP contribution >= 0.6 is 0 Å². The predicted molar refractivity (Wildman–Crippen MR) is 248 cm³/mol. The van der Waals surface area contributed by atoms with E-state index >= 15 is 0 Å². The van der Waals surface area contributed by atoms with Gasteiger partial charge in [0.2, 0.25) is 0 Å². The third kappa shape index (κ3) is 5.07. The van der Waals surface area contributed by atoms with Crippen LogP contribution in [0.15, 0.2) is 194 Å². The van der Waals surface area contributed by atoms with Gasteiger partial charge < -0.3 is 4.57 Å². The monoisotopic (exact) mass is 766 g/mol. The summed E-state index contributed by atoms with van der Waals surface area (Å²) in [5.41, 5.74) is 14.0. The lowest BCUT2D eigenvalue weighted by Gasteiger charge is -2.26. The van der Waals surface area contributed by atoms with Crippen molar-refractivity contribution in [2.75, 3.05) is 0 Å². The van der Waals surface area contributed by atoms with E-state index in [4.69, 9.17) is 15.0 Å². The maximum absolute atomic E-state index is 5.16. The number of para-hydroxylation sites is 1. The van der Waals surface area contributed by atoms with Crippen LogP contribution in [-0.2, 0) is 5.41 Å². The van der Waals surface area contributed by atoms with Gasteiger partial charge in [0.05, 0.1) is 16.7 Å². The molecule has 12 rings (SSSR count). The molecule has 0 N–H and O–H groups in total. The number of fused-ring (bicyclic) bond motifs is 9. The number of benzene rings is 9. The van der Waals surface area contributed by atoms with Crippen molar-refractivity contribution in [3.63, 3.8) is 0 Å². The zero-order chi connectivity index (χ0) is 40.0. The quantitative estimate of drug-likeness (QED) is 0.175. The molecule has 1 aliphatic rings. The Morgan fingerprint density at radius 3 is 1.63 bits per heavy atom. The summed E-state index contributed by atoms with van der Waals surface area (Å²) >= 11 is 0. The molecule has 11 aromatic rings. The summed E-state index contributed by atoms with van der Waals surface area (Å²) in [5, 5.41) is 7.23. The molecule has 0 bridgehead atoms. The fourth-order valence-corrected chi connectivity index (χ4v) is 9.93. The Hall–Kier alpha value is -7.69. The number of nitrogens with zero attached hydrogens (tertiary/aromatic N) is 4. The third-order valence-corrected chi connectivity index (χ3v) is 12.6. The minimum Gasteiger partial charge on any atom is -0.308 e. The van der Waals surface area contributed by atoms with E-state index in [1.807, 2.05) is 36.4 Å². The van der Waals surface area contributed by atoms with Crippen LogP contribution in [-0.4, -0.2) is 19.5 Å². The Morgan fingerprint density at radius 1 is 0.400 bits per heavy atom. The van der Waals surface area contributed by atoms with E-state index in [9.17, 15) is 0 Å². The van der Waals surface area contributed by atoms with E-state index in [2.05, 4.69) is 176 Å². The Balaban J connectivity index is 1.17. The molecule has 0 unspecified atom stereocenters. The van der Waals surface area contributed by atoms with Gasteiger partial charge >= 0.3 is 0 Å². The van der Waals surface area contributed by atoms with Gasteiger partial charge in [-0.3, -0.25) is 0 Å². The highest BCUT2D eigenvalue weighted by molar-refractivity contribution is 6.19. The molecule has 0 spiro atoms. The number of hydrogen-bond donors (Lipinski definition) is 0. The smallest absolute Gasteiger partial charge is 0.164 e. The second-order valence-corrected chi connectivity index (χ2v) is 16.3. The highest BCUT2D eigenvalue weighted by atomic mass is 15.0. The van der Waals surface area contributed by atoms with Crippen molar-refractivity contribution in [3.8, 4) is 62.1 Å². The molecule has 0 atom stereocenters. The lowest BCUT2D eigenvalue weighted by Crippen LogP contribution is -2.17. The van der Waals surface area contributed by atoms with Gasteiger partial charge in [-0.15, -0.1) is 0 Å². The maximum Gasteiger partial charge on any atom is 0.164 e. The summed E-state index contributed by atoms with van der Waals surface area (Å²) < 4.78 is 2.52. The molecule has 4 heteroatoms. The summed E-state index contributed by atoms with van der Waals surface area (Å²) in [4.78, 5) is 15.3. The van der Waals surface area contributed by atoms with Crippen molar-refractivity contribution in [2.45, 2.75) is 19.3 Å². The van der Waals surface area contributed by atoms with E-state index < -0.39 is 0 Å². The summed E-state index contributed by atoms with van der Waals surface area (Å²) in [6, 6.07) is 69.5. The van der Waals surface area contributed by atoms with Gasteiger partial charge in [0.1, 0.15) is 0 Å². The first-order valence-corrected chi connectivity index (χ1v) is 20.6. The predicted octanol–water partition coefficient (Wildman–Crippen LogP) is 14.2. The Bertz CT molecular complexity index is 3440. The van der Waals surface area contributed by atoms with Crippen LogP contribution in [0.25, 0.3) is 105 Å². The Morgan fingerprint density at radius 2 is 0.950 bits per heavy atom. The first kappa shape index (κ1) is 34.4. The number of aromatic nitrogens is 4. The lowest BCUT2D eigenvalue weighted by atomic mass is 9.78. The molecular formula is C56H38N4. The van der Waals surface area contributed by atoms with Crippen LogP contribution in [0, 0.1) is 0 Å². The van der Waals surface area contributed by atoms with Crippen molar-refractivity contribution in [1.29, 1.82) is 0 Å². The highest BCUT2D eigenvalue weighted by Gasteiger charge is 2.40. The fraction of sp³-hybridized carbons (Fsp3) is 0.0536. The largest absolute Gasteiger partial charge is 0.308 e. The molecule has 0 fully saturated rings. The molecular weight excluding hydrogens is 729 g/mol. The van der Waals surface area contributed by atoms with Gasteiger partial charge in [-0.05, 0) is 68.2 Å². The zero-order valence-electron chi connectivity index (χ0n) is 33.3. The van der Waals surface area contributed by atoms with Gasteiger partial charge in [0.15, 0.2) is 17.5 Å². The first-order chi connectivity index (χ1) is 29.5. The molecule has 0 amide bonds. The molecule has 2 heterocycles. The van der Waals surface area contributed by atoms with Gasteiger partial charge in [0.25, 0.3) is 0 Å². The second-order valence-electron chi connectivity index (χ2n) is 16.3. The average molecular weight is 767 g/mol. The summed E-state index contributed by atoms with van der Waals surface area (Å²) in [6.07, 6.45) is 0. The van der Waals surface area contributed by atoms with Gasteiger partial charge in [-0.2, -0.15) is 0 Å². The third-order valence-electron chi connectivity index (χ3n) is 12.6. The highest BCUT2D eigenvalue weighted by Crippen LogP contribution is 2.57. The normalized spacial score (nSPS) is 13.0. The zero-order valence-corrected chi connectivity index (χ0v) is 33.3. The molecule has 1 aliphatic carbocycles. The van der Waals surface area contributed by atoms with Gasteiger partial charge in [0, 0.05) is 43.8 Å². The number of rotatable bonds is 5. The number of hydrogen-bond acceptors (Lipinski definition) is 3. The molecule has 0 radical (unpaired) electrons. The van der Waals surface area contributed by atoms with E-state index in [-0.39, 0.29) is 5.41 Å². The van der Waals surface area contributed by atoms with Crippen molar-refractivity contribution in [3.05, 3.63) is 205 Å². The molecule has 60 heavy (non-hydrogen) atoms. The summed E-state index contributed by atoms with van der Waals surface area (Å²) in [5.74, 6) is 1.93. The maximum atomic E-state index is 5.16. The van der Waals surface area contributed by atoms with E-state index in [0.29, 0.717) is 17.5 Å². The van der Waals surface area contributed by atoms with Crippen LogP contribution in [0.4, 0.5) is 0 Å². The summed E-state index contributed by atoms with van der Waals surface area (Å²) in [7, 11) is 0. The van der Waals surface area contributed by atoms with Crippen LogP contribution in [0.2, 0.25) is 0 Å². The molecule has 282 valence electrons. The average Bonchev–Trinajstić information content (AvgIpc) is 3.76. The van der Waals surface area contributed by atoms with E-state index in [1.54, 1.807) is 0 Å². The van der Waals surface area contributed by atoms with Gasteiger partial charge in [-0.25, -0.2) is 15.0 Å². The van der Waals surface area contributed by atoms with Crippen LogP contribution < -0.4 is 0 Å². The van der Waals surface area contributed by atoms with Crippen molar-refractivity contribution in [2.24, 2.45) is 0 Å². The van der Waals surface area contributed by atoms with Crippen LogP contribution in [0.1, 0.15) is 25.0 Å². The molecule has 0 saturated heterocycles.